The van der Waals surface area contributed by atoms with Gasteiger partial charge in [0.25, 0.3) is 0 Å². The van der Waals surface area contributed by atoms with Crippen LogP contribution in [-0.2, 0) is 5.41 Å². The third-order valence-corrected chi connectivity index (χ3v) is 3.39. The summed E-state index contributed by atoms with van der Waals surface area (Å²) < 4.78 is 0. The zero-order valence-electron chi connectivity index (χ0n) is 13.1. The first-order chi connectivity index (χ1) is 9.18. The number of nitrogen functional groups attached to an aromatic ring is 1. The SMILES string of the molecule is Cc1nc(N)nc(-c2c(C)cc(C(C)(C)C)cc2C)n1. The van der Waals surface area contributed by atoms with Crippen LogP contribution in [0.25, 0.3) is 11.4 Å². The molecule has 0 unspecified atom stereocenters. The summed E-state index contributed by atoms with van der Waals surface area (Å²) in [6.07, 6.45) is 0. The Morgan fingerprint density at radius 2 is 1.45 bits per heavy atom. The van der Waals surface area contributed by atoms with Crippen molar-refractivity contribution in [1.29, 1.82) is 0 Å². The highest BCUT2D eigenvalue weighted by Crippen LogP contribution is 2.31. The van der Waals surface area contributed by atoms with Gasteiger partial charge in [0, 0.05) is 5.56 Å². The Morgan fingerprint density at radius 1 is 0.900 bits per heavy atom. The molecule has 0 saturated carbocycles. The van der Waals surface area contributed by atoms with Gasteiger partial charge in [-0.2, -0.15) is 9.97 Å². The van der Waals surface area contributed by atoms with Gasteiger partial charge in [0.2, 0.25) is 5.95 Å². The standard InChI is InChI=1S/C16H22N4/c1-9-7-12(16(4,5)6)8-10(2)13(9)14-18-11(3)19-15(17)20-14/h7-8H,1-6H3,(H2,17,18,19,20). The van der Waals surface area contributed by atoms with E-state index in [4.69, 9.17) is 5.73 Å². The van der Waals surface area contributed by atoms with E-state index in [1.807, 2.05) is 6.92 Å². The molecule has 106 valence electrons. The number of aryl methyl sites for hydroxylation is 3. The molecule has 4 heteroatoms. The van der Waals surface area contributed by atoms with Crippen LogP contribution in [0.2, 0.25) is 0 Å². The number of hydrogen-bond acceptors (Lipinski definition) is 4. The first-order valence-corrected chi connectivity index (χ1v) is 6.79. The number of anilines is 1. The van der Waals surface area contributed by atoms with Gasteiger partial charge in [0.15, 0.2) is 5.82 Å². The Kier molecular flexibility index (Phi) is 3.50. The Bertz CT molecular complexity index is 611. The zero-order chi connectivity index (χ0) is 15.1. The van der Waals surface area contributed by atoms with Crippen molar-refractivity contribution >= 4 is 5.95 Å². The summed E-state index contributed by atoms with van der Waals surface area (Å²) in [5.41, 5.74) is 10.6. The van der Waals surface area contributed by atoms with Crippen molar-refractivity contribution in [3.8, 4) is 11.4 Å². The Hall–Kier alpha value is -1.97. The number of rotatable bonds is 1. The van der Waals surface area contributed by atoms with E-state index in [9.17, 15) is 0 Å². The molecule has 0 aliphatic rings. The fourth-order valence-corrected chi connectivity index (χ4v) is 2.36. The molecule has 0 amide bonds. The topological polar surface area (TPSA) is 64.7 Å². The molecule has 0 atom stereocenters. The lowest BCUT2D eigenvalue weighted by Crippen LogP contribution is -2.12. The van der Waals surface area contributed by atoms with E-state index in [1.54, 1.807) is 0 Å². The van der Waals surface area contributed by atoms with Crippen LogP contribution in [0, 0.1) is 20.8 Å². The maximum absolute atomic E-state index is 5.73. The van der Waals surface area contributed by atoms with E-state index in [-0.39, 0.29) is 11.4 Å². The molecule has 0 bridgehead atoms. The molecule has 0 spiro atoms. The van der Waals surface area contributed by atoms with Gasteiger partial charge in [-0.05, 0) is 42.9 Å². The molecule has 0 aliphatic heterocycles. The van der Waals surface area contributed by atoms with Crippen LogP contribution >= 0.6 is 0 Å². The molecular weight excluding hydrogens is 248 g/mol. The van der Waals surface area contributed by atoms with Crippen LogP contribution in [0.1, 0.15) is 43.3 Å². The lowest BCUT2D eigenvalue weighted by Gasteiger charge is -2.22. The first kappa shape index (κ1) is 14.4. The smallest absolute Gasteiger partial charge is 0.223 e. The van der Waals surface area contributed by atoms with Gasteiger partial charge in [0.1, 0.15) is 5.82 Å². The molecule has 20 heavy (non-hydrogen) atoms. The maximum Gasteiger partial charge on any atom is 0.223 e. The maximum atomic E-state index is 5.73. The highest BCUT2D eigenvalue weighted by molar-refractivity contribution is 5.66. The average Bonchev–Trinajstić information content (AvgIpc) is 2.25. The highest BCUT2D eigenvalue weighted by atomic mass is 15.1. The largest absolute Gasteiger partial charge is 0.368 e. The van der Waals surface area contributed by atoms with Crippen LogP contribution in [-0.4, -0.2) is 15.0 Å². The van der Waals surface area contributed by atoms with Crippen molar-refractivity contribution in [2.45, 2.75) is 47.0 Å². The molecule has 2 rings (SSSR count). The fourth-order valence-electron chi connectivity index (χ4n) is 2.36. The summed E-state index contributed by atoms with van der Waals surface area (Å²) in [5.74, 6) is 1.57. The molecule has 0 radical (unpaired) electrons. The molecule has 2 aromatic rings. The van der Waals surface area contributed by atoms with Crippen molar-refractivity contribution in [2.75, 3.05) is 5.73 Å². The molecule has 2 N–H and O–H groups in total. The van der Waals surface area contributed by atoms with Gasteiger partial charge in [0.05, 0.1) is 0 Å². The van der Waals surface area contributed by atoms with Crippen molar-refractivity contribution in [3.63, 3.8) is 0 Å². The molecule has 1 aromatic carbocycles. The van der Waals surface area contributed by atoms with Crippen LogP contribution < -0.4 is 5.73 Å². The number of nitrogens with zero attached hydrogens (tertiary/aromatic N) is 3. The molecule has 4 nitrogen and oxygen atoms in total. The second-order valence-electron chi connectivity index (χ2n) is 6.30. The van der Waals surface area contributed by atoms with Crippen LogP contribution in [0.4, 0.5) is 5.95 Å². The normalized spacial score (nSPS) is 11.7. The Balaban J connectivity index is 2.64. The second-order valence-corrected chi connectivity index (χ2v) is 6.30. The van der Waals surface area contributed by atoms with E-state index in [0.717, 1.165) is 5.56 Å². The summed E-state index contributed by atoms with van der Waals surface area (Å²) in [6, 6.07) is 4.41. The van der Waals surface area contributed by atoms with E-state index >= 15 is 0 Å². The molecule has 0 aliphatic carbocycles. The zero-order valence-corrected chi connectivity index (χ0v) is 13.1. The summed E-state index contributed by atoms with van der Waals surface area (Å²) in [7, 11) is 0. The molecular formula is C16H22N4. The lowest BCUT2D eigenvalue weighted by molar-refractivity contribution is 0.589. The third kappa shape index (κ3) is 2.79. The lowest BCUT2D eigenvalue weighted by atomic mass is 9.83. The number of nitrogens with two attached hydrogens (primary N) is 1. The third-order valence-electron chi connectivity index (χ3n) is 3.39. The minimum atomic E-state index is 0.127. The summed E-state index contributed by atoms with van der Waals surface area (Å²) in [4.78, 5) is 12.7. The van der Waals surface area contributed by atoms with Crippen molar-refractivity contribution in [1.82, 2.24) is 15.0 Å². The van der Waals surface area contributed by atoms with Crippen molar-refractivity contribution in [3.05, 3.63) is 34.6 Å². The highest BCUT2D eigenvalue weighted by Gasteiger charge is 2.18. The van der Waals surface area contributed by atoms with E-state index in [2.05, 4.69) is 61.7 Å². The van der Waals surface area contributed by atoms with Crippen LogP contribution in [0.15, 0.2) is 12.1 Å². The fraction of sp³-hybridized carbons (Fsp3) is 0.438. The quantitative estimate of drug-likeness (QED) is 0.863. The van der Waals surface area contributed by atoms with E-state index in [0.29, 0.717) is 11.6 Å². The summed E-state index contributed by atoms with van der Waals surface area (Å²) >= 11 is 0. The van der Waals surface area contributed by atoms with Crippen LogP contribution in [0.5, 0.6) is 0 Å². The number of benzene rings is 1. The van der Waals surface area contributed by atoms with Gasteiger partial charge in [-0.1, -0.05) is 32.9 Å². The van der Waals surface area contributed by atoms with E-state index < -0.39 is 0 Å². The molecule has 0 saturated heterocycles. The Labute approximate surface area is 120 Å². The monoisotopic (exact) mass is 270 g/mol. The van der Waals surface area contributed by atoms with E-state index in [1.165, 1.54) is 16.7 Å². The molecule has 0 fully saturated rings. The number of aromatic nitrogens is 3. The first-order valence-electron chi connectivity index (χ1n) is 6.79. The minimum absolute atomic E-state index is 0.127. The second kappa shape index (κ2) is 4.85. The Morgan fingerprint density at radius 3 is 1.90 bits per heavy atom. The van der Waals surface area contributed by atoms with Gasteiger partial charge in [-0.25, -0.2) is 4.98 Å². The number of hydrogen-bond donors (Lipinski definition) is 1. The van der Waals surface area contributed by atoms with Crippen molar-refractivity contribution in [2.24, 2.45) is 0 Å². The molecule has 1 aromatic heterocycles. The predicted molar refractivity (Wildman–Crippen MR) is 82.6 cm³/mol. The summed E-state index contributed by atoms with van der Waals surface area (Å²) in [6.45, 7) is 12.7. The van der Waals surface area contributed by atoms with Crippen LogP contribution in [0.3, 0.4) is 0 Å². The van der Waals surface area contributed by atoms with Gasteiger partial charge < -0.3 is 5.73 Å². The minimum Gasteiger partial charge on any atom is -0.368 e. The van der Waals surface area contributed by atoms with Gasteiger partial charge in [-0.15, -0.1) is 0 Å². The van der Waals surface area contributed by atoms with Gasteiger partial charge in [-0.3, -0.25) is 0 Å². The molecule has 1 heterocycles. The summed E-state index contributed by atoms with van der Waals surface area (Å²) in [5, 5.41) is 0. The van der Waals surface area contributed by atoms with Gasteiger partial charge >= 0.3 is 0 Å². The average molecular weight is 270 g/mol. The van der Waals surface area contributed by atoms with Crippen molar-refractivity contribution < 1.29 is 0 Å². The predicted octanol–water partition coefficient (Wildman–Crippen LogP) is 3.34.